The average Bonchev–Trinajstić information content (AvgIpc) is 3.20. The Morgan fingerprint density at radius 2 is 2.05 bits per heavy atom. The third kappa shape index (κ3) is 1.78. The van der Waals surface area contributed by atoms with Crippen LogP contribution in [-0.2, 0) is 5.41 Å². The number of para-hydroxylation sites is 1. The highest BCUT2D eigenvalue weighted by molar-refractivity contribution is 5.77. The third-order valence-corrected chi connectivity index (χ3v) is 4.83. The van der Waals surface area contributed by atoms with Crippen LogP contribution in [-0.4, -0.2) is 22.6 Å². The maximum atomic E-state index is 14.1. The van der Waals surface area contributed by atoms with E-state index in [1.54, 1.807) is 6.07 Å². The number of nitrogens with one attached hydrogen (secondary N) is 1. The number of hydrogen-bond donors (Lipinski definition) is 1. The molecule has 1 aliphatic carbocycles. The summed E-state index contributed by atoms with van der Waals surface area (Å²) in [6, 6.07) is 5.86. The van der Waals surface area contributed by atoms with E-state index in [9.17, 15) is 4.39 Å². The molecule has 1 saturated heterocycles. The van der Waals surface area contributed by atoms with Gasteiger partial charge < -0.3 is 9.88 Å². The van der Waals surface area contributed by atoms with Gasteiger partial charge >= 0.3 is 0 Å². The maximum Gasteiger partial charge on any atom is 0.151 e. The average molecular weight is 273 g/mol. The predicted molar refractivity (Wildman–Crippen MR) is 77.4 cm³/mol. The molecule has 0 spiro atoms. The minimum atomic E-state index is -0.194. The van der Waals surface area contributed by atoms with Gasteiger partial charge in [-0.3, -0.25) is 0 Å². The summed E-state index contributed by atoms with van der Waals surface area (Å²) in [4.78, 5) is 4.73. The van der Waals surface area contributed by atoms with Crippen molar-refractivity contribution in [3.8, 4) is 0 Å². The largest absolute Gasteiger partial charge is 0.324 e. The number of imidazole rings is 1. The van der Waals surface area contributed by atoms with Gasteiger partial charge in [0.05, 0.1) is 5.52 Å². The SMILES string of the molecule is CC1(c2nc3c(F)cccc3n2C2CC2)CCNCC1. The highest BCUT2D eigenvalue weighted by atomic mass is 19.1. The van der Waals surface area contributed by atoms with Crippen molar-refractivity contribution in [3.05, 3.63) is 29.8 Å². The third-order valence-electron chi connectivity index (χ3n) is 4.83. The summed E-state index contributed by atoms with van der Waals surface area (Å²) >= 11 is 0. The molecule has 2 aliphatic rings. The van der Waals surface area contributed by atoms with Gasteiger partial charge in [-0.15, -0.1) is 0 Å². The molecule has 1 aliphatic heterocycles. The van der Waals surface area contributed by atoms with Crippen molar-refractivity contribution in [2.75, 3.05) is 13.1 Å². The number of rotatable bonds is 2. The van der Waals surface area contributed by atoms with Crippen LogP contribution in [0.15, 0.2) is 18.2 Å². The first-order chi connectivity index (χ1) is 9.69. The summed E-state index contributed by atoms with van der Waals surface area (Å²) in [6.07, 6.45) is 4.54. The van der Waals surface area contributed by atoms with Crippen molar-refractivity contribution < 1.29 is 4.39 Å². The topological polar surface area (TPSA) is 29.9 Å². The Bertz CT molecular complexity index is 651. The summed E-state index contributed by atoms with van der Waals surface area (Å²) in [5.74, 6) is 0.905. The molecule has 1 aromatic heterocycles. The zero-order valence-electron chi connectivity index (χ0n) is 11.8. The van der Waals surface area contributed by atoms with E-state index in [-0.39, 0.29) is 11.2 Å². The minimum absolute atomic E-state index is 0.0687. The molecule has 2 fully saturated rings. The van der Waals surface area contributed by atoms with Crippen molar-refractivity contribution in [3.63, 3.8) is 0 Å². The van der Waals surface area contributed by atoms with Gasteiger partial charge in [0, 0.05) is 11.5 Å². The van der Waals surface area contributed by atoms with E-state index in [1.807, 2.05) is 6.07 Å². The van der Waals surface area contributed by atoms with Gasteiger partial charge in [0.15, 0.2) is 5.82 Å². The second-order valence-electron chi connectivity index (χ2n) is 6.45. The number of nitrogens with zero attached hydrogens (tertiary/aromatic N) is 2. The Morgan fingerprint density at radius 1 is 1.30 bits per heavy atom. The van der Waals surface area contributed by atoms with Crippen LogP contribution in [0, 0.1) is 5.82 Å². The van der Waals surface area contributed by atoms with E-state index < -0.39 is 0 Å². The highest BCUT2D eigenvalue weighted by Crippen LogP contribution is 2.43. The van der Waals surface area contributed by atoms with Crippen LogP contribution < -0.4 is 5.32 Å². The molecule has 106 valence electrons. The number of hydrogen-bond acceptors (Lipinski definition) is 2. The van der Waals surface area contributed by atoms with Crippen molar-refractivity contribution >= 4 is 11.0 Å². The number of piperidine rings is 1. The van der Waals surface area contributed by atoms with Crippen molar-refractivity contribution in [1.82, 2.24) is 14.9 Å². The van der Waals surface area contributed by atoms with E-state index in [2.05, 4.69) is 16.8 Å². The van der Waals surface area contributed by atoms with E-state index in [0.29, 0.717) is 11.6 Å². The fourth-order valence-corrected chi connectivity index (χ4v) is 3.41. The van der Waals surface area contributed by atoms with Gasteiger partial charge in [0.1, 0.15) is 11.3 Å². The molecule has 4 heteroatoms. The highest BCUT2D eigenvalue weighted by Gasteiger charge is 2.38. The maximum absolute atomic E-state index is 14.1. The zero-order chi connectivity index (χ0) is 13.7. The van der Waals surface area contributed by atoms with Crippen LogP contribution in [0.1, 0.15) is 44.5 Å². The molecule has 2 aromatic rings. The Balaban J connectivity index is 1.94. The lowest BCUT2D eigenvalue weighted by molar-refractivity contribution is 0.310. The molecule has 0 bridgehead atoms. The second-order valence-corrected chi connectivity index (χ2v) is 6.45. The number of fused-ring (bicyclic) bond motifs is 1. The minimum Gasteiger partial charge on any atom is -0.324 e. The molecule has 0 atom stereocenters. The molecular formula is C16H20FN3. The van der Waals surface area contributed by atoms with E-state index in [4.69, 9.17) is 4.98 Å². The Morgan fingerprint density at radius 3 is 2.75 bits per heavy atom. The van der Waals surface area contributed by atoms with Crippen LogP contribution in [0.3, 0.4) is 0 Å². The van der Waals surface area contributed by atoms with Crippen LogP contribution in [0.2, 0.25) is 0 Å². The standard InChI is InChI=1S/C16H20FN3/c1-16(7-9-18-10-8-16)15-19-14-12(17)3-2-4-13(14)20(15)11-5-6-11/h2-4,11,18H,5-10H2,1H3. The van der Waals surface area contributed by atoms with Gasteiger partial charge in [0.2, 0.25) is 0 Å². The molecule has 3 nitrogen and oxygen atoms in total. The number of aromatic nitrogens is 2. The molecule has 1 N–H and O–H groups in total. The Kier molecular flexibility index (Phi) is 2.64. The van der Waals surface area contributed by atoms with Crippen LogP contribution in [0.25, 0.3) is 11.0 Å². The normalized spacial score (nSPS) is 22.3. The van der Waals surface area contributed by atoms with Gasteiger partial charge in [-0.25, -0.2) is 9.37 Å². The van der Waals surface area contributed by atoms with Gasteiger partial charge in [-0.2, -0.15) is 0 Å². The molecule has 0 unspecified atom stereocenters. The lowest BCUT2D eigenvalue weighted by Gasteiger charge is -2.34. The first-order valence-corrected chi connectivity index (χ1v) is 7.57. The molecule has 1 aromatic carbocycles. The summed E-state index contributed by atoms with van der Waals surface area (Å²) in [5, 5.41) is 3.41. The molecule has 2 heterocycles. The van der Waals surface area contributed by atoms with Crippen LogP contribution >= 0.6 is 0 Å². The van der Waals surface area contributed by atoms with Crippen molar-refractivity contribution in [1.29, 1.82) is 0 Å². The van der Waals surface area contributed by atoms with E-state index in [1.165, 1.54) is 18.9 Å². The van der Waals surface area contributed by atoms with E-state index >= 15 is 0 Å². The number of benzene rings is 1. The molecule has 0 radical (unpaired) electrons. The first-order valence-electron chi connectivity index (χ1n) is 7.57. The van der Waals surface area contributed by atoms with Gasteiger partial charge in [0.25, 0.3) is 0 Å². The predicted octanol–water partition coefficient (Wildman–Crippen LogP) is 3.15. The quantitative estimate of drug-likeness (QED) is 0.911. The molecule has 4 rings (SSSR count). The van der Waals surface area contributed by atoms with Crippen LogP contribution in [0.4, 0.5) is 4.39 Å². The van der Waals surface area contributed by atoms with Crippen molar-refractivity contribution in [2.45, 2.75) is 44.1 Å². The molecular weight excluding hydrogens is 253 g/mol. The summed E-state index contributed by atoms with van der Waals surface area (Å²) in [7, 11) is 0. The zero-order valence-corrected chi connectivity index (χ0v) is 11.8. The fourth-order valence-electron chi connectivity index (χ4n) is 3.41. The molecule has 20 heavy (non-hydrogen) atoms. The molecule has 0 amide bonds. The van der Waals surface area contributed by atoms with Crippen molar-refractivity contribution in [2.24, 2.45) is 0 Å². The smallest absolute Gasteiger partial charge is 0.151 e. The van der Waals surface area contributed by atoms with E-state index in [0.717, 1.165) is 37.3 Å². The number of halogens is 1. The lowest BCUT2D eigenvalue weighted by Crippen LogP contribution is -2.39. The summed E-state index contributed by atoms with van der Waals surface area (Å²) < 4.78 is 16.4. The second kappa shape index (κ2) is 4.29. The van der Waals surface area contributed by atoms with Gasteiger partial charge in [-0.1, -0.05) is 13.0 Å². The summed E-state index contributed by atoms with van der Waals surface area (Å²) in [6.45, 7) is 4.32. The van der Waals surface area contributed by atoms with Gasteiger partial charge in [-0.05, 0) is 50.9 Å². The Hall–Kier alpha value is -1.42. The summed E-state index contributed by atoms with van der Waals surface area (Å²) in [5.41, 5.74) is 1.59. The molecule has 1 saturated carbocycles. The fraction of sp³-hybridized carbons (Fsp3) is 0.562. The lowest BCUT2D eigenvalue weighted by atomic mass is 9.80. The van der Waals surface area contributed by atoms with Crippen LogP contribution in [0.5, 0.6) is 0 Å². The first kappa shape index (κ1) is 12.3. The Labute approximate surface area is 118 Å². The monoisotopic (exact) mass is 273 g/mol.